The molecule has 4 heteroatoms. The van der Waals surface area contributed by atoms with Crippen molar-refractivity contribution in [2.24, 2.45) is 11.7 Å². The van der Waals surface area contributed by atoms with E-state index in [0.29, 0.717) is 6.54 Å². The van der Waals surface area contributed by atoms with Gasteiger partial charge in [-0.3, -0.25) is 9.78 Å². The summed E-state index contributed by atoms with van der Waals surface area (Å²) >= 11 is 0. The van der Waals surface area contributed by atoms with Crippen molar-refractivity contribution in [3.05, 3.63) is 30.1 Å². The Bertz CT molecular complexity index is 380. The molecule has 1 heterocycles. The van der Waals surface area contributed by atoms with Gasteiger partial charge < -0.3 is 11.1 Å². The summed E-state index contributed by atoms with van der Waals surface area (Å²) in [5.41, 5.74) is 7.15. The fourth-order valence-corrected chi connectivity index (χ4v) is 2.48. The van der Waals surface area contributed by atoms with Gasteiger partial charge in [0.2, 0.25) is 5.91 Å². The van der Waals surface area contributed by atoms with E-state index in [2.05, 4.69) is 10.3 Å². The van der Waals surface area contributed by atoms with Crippen molar-refractivity contribution in [2.75, 3.05) is 0 Å². The van der Waals surface area contributed by atoms with Gasteiger partial charge >= 0.3 is 0 Å². The van der Waals surface area contributed by atoms with E-state index in [1.54, 1.807) is 12.4 Å². The molecule has 98 valence electrons. The lowest BCUT2D eigenvalue weighted by atomic mass is 9.94. The third-order valence-electron chi connectivity index (χ3n) is 3.62. The number of carbonyl (C=O) groups is 1. The number of amides is 1. The summed E-state index contributed by atoms with van der Waals surface area (Å²) in [5, 5.41) is 2.98. The molecular formula is C14H21N3O. The number of nitrogens with two attached hydrogens (primary N) is 1. The van der Waals surface area contributed by atoms with E-state index in [-0.39, 0.29) is 17.9 Å². The van der Waals surface area contributed by atoms with Gasteiger partial charge in [-0.2, -0.15) is 0 Å². The number of nitrogens with zero attached hydrogens (tertiary/aromatic N) is 1. The molecule has 0 spiro atoms. The van der Waals surface area contributed by atoms with Gasteiger partial charge in [0.1, 0.15) is 0 Å². The van der Waals surface area contributed by atoms with Crippen LogP contribution in [0.5, 0.6) is 0 Å². The molecule has 3 N–H and O–H groups in total. The molecule has 4 nitrogen and oxygen atoms in total. The molecule has 18 heavy (non-hydrogen) atoms. The molecule has 1 aliphatic rings. The van der Waals surface area contributed by atoms with Crippen molar-refractivity contribution >= 4 is 5.91 Å². The Morgan fingerprint density at radius 3 is 2.78 bits per heavy atom. The van der Waals surface area contributed by atoms with Gasteiger partial charge in [-0.25, -0.2) is 0 Å². The van der Waals surface area contributed by atoms with Gasteiger partial charge in [0, 0.05) is 25.0 Å². The van der Waals surface area contributed by atoms with E-state index in [1.807, 2.05) is 12.1 Å². The molecular weight excluding hydrogens is 226 g/mol. The van der Waals surface area contributed by atoms with E-state index >= 15 is 0 Å². The lowest BCUT2D eigenvalue weighted by Gasteiger charge is -2.20. The van der Waals surface area contributed by atoms with Gasteiger partial charge in [-0.1, -0.05) is 19.3 Å². The summed E-state index contributed by atoms with van der Waals surface area (Å²) in [4.78, 5) is 16.1. The normalized spacial score (nSPS) is 24.3. The number of hydrogen-bond acceptors (Lipinski definition) is 3. The number of hydrogen-bond donors (Lipinski definition) is 2. The minimum Gasteiger partial charge on any atom is -0.352 e. The summed E-state index contributed by atoms with van der Waals surface area (Å²) in [5.74, 6) is 0.0792. The number of carbonyl (C=O) groups excluding carboxylic acids is 1. The molecule has 1 amide bonds. The third-order valence-corrected chi connectivity index (χ3v) is 3.62. The van der Waals surface area contributed by atoms with Crippen LogP contribution >= 0.6 is 0 Å². The molecule has 1 fully saturated rings. The molecule has 1 saturated carbocycles. The van der Waals surface area contributed by atoms with E-state index in [0.717, 1.165) is 31.2 Å². The standard InChI is InChI=1S/C14H21N3O/c15-13-5-3-1-2-4-12(13)14(18)17-10-11-6-8-16-9-7-11/h6-9,12-13H,1-5,10,15H2,(H,17,18). The van der Waals surface area contributed by atoms with E-state index in [9.17, 15) is 4.79 Å². The Labute approximate surface area is 108 Å². The monoisotopic (exact) mass is 247 g/mol. The molecule has 0 bridgehead atoms. The topological polar surface area (TPSA) is 68.0 Å². The summed E-state index contributed by atoms with van der Waals surface area (Å²) in [6, 6.07) is 3.84. The van der Waals surface area contributed by atoms with Crippen molar-refractivity contribution < 1.29 is 4.79 Å². The maximum atomic E-state index is 12.1. The molecule has 0 saturated heterocycles. The van der Waals surface area contributed by atoms with E-state index in [4.69, 9.17) is 5.73 Å². The highest BCUT2D eigenvalue weighted by molar-refractivity contribution is 5.79. The molecule has 0 radical (unpaired) electrons. The summed E-state index contributed by atoms with van der Waals surface area (Å²) < 4.78 is 0. The van der Waals surface area contributed by atoms with Crippen LogP contribution in [-0.4, -0.2) is 16.9 Å². The second kappa shape index (κ2) is 6.50. The van der Waals surface area contributed by atoms with Gasteiger partial charge in [-0.15, -0.1) is 0 Å². The van der Waals surface area contributed by atoms with Crippen molar-refractivity contribution in [1.29, 1.82) is 0 Å². The lowest BCUT2D eigenvalue weighted by Crippen LogP contribution is -2.41. The molecule has 1 aromatic rings. The van der Waals surface area contributed by atoms with Crippen molar-refractivity contribution in [3.63, 3.8) is 0 Å². The quantitative estimate of drug-likeness (QED) is 0.797. The molecule has 0 aliphatic heterocycles. The largest absolute Gasteiger partial charge is 0.352 e. The fourth-order valence-electron chi connectivity index (χ4n) is 2.48. The zero-order chi connectivity index (χ0) is 12.8. The fraction of sp³-hybridized carbons (Fsp3) is 0.571. The minimum atomic E-state index is -0.0191. The van der Waals surface area contributed by atoms with Crippen LogP contribution < -0.4 is 11.1 Å². The Morgan fingerprint density at radius 2 is 2.00 bits per heavy atom. The van der Waals surface area contributed by atoms with Gasteiger partial charge in [0.15, 0.2) is 0 Å². The Kier molecular flexibility index (Phi) is 4.70. The smallest absolute Gasteiger partial charge is 0.224 e. The molecule has 2 atom stereocenters. The third kappa shape index (κ3) is 3.53. The van der Waals surface area contributed by atoms with Crippen LogP contribution in [0, 0.1) is 5.92 Å². The first-order chi connectivity index (χ1) is 8.77. The maximum absolute atomic E-state index is 12.1. The summed E-state index contributed by atoms with van der Waals surface area (Å²) in [7, 11) is 0. The second-order valence-corrected chi connectivity index (χ2v) is 4.98. The predicted molar refractivity (Wildman–Crippen MR) is 70.6 cm³/mol. The van der Waals surface area contributed by atoms with Crippen molar-refractivity contribution in [1.82, 2.24) is 10.3 Å². The zero-order valence-electron chi connectivity index (χ0n) is 10.6. The molecule has 1 aliphatic carbocycles. The highest BCUT2D eigenvalue weighted by Gasteiger charge is 2.26. The van der Waals surface area contributed by atoms with Crippen LogP contribution in [0.15, 0.2) is 24.5 Å². The maximum Gasteiger partial charge on any atom is 0.224 e. The van der Waals surface area contributed by atoms with Gasteiger partial charge in [0.25, 0.3) is 0 Å². The van der Waals surface area contributed by atoms with E-state index < -0.39 is 0 Å². The molecule has 2 rings (SSSR count). The second-order valence-electron chi connectivity index (χ2n) is 4.98. The first-order valence-corrected chi connectivity index (χ1v) is 6.69. The SMILES string of the molecule is NC1CCCCCC1C(=O)NCc1ccncc1. The van der Waals surface area contributed by atoms with Crippen LogP contribution in [0.4, 0.5) is 0 Å². The van der Waals surface area contributed by atoms with Crippen molar-refractivity contribution in [2.45, 2.75) is 44.7 Å². The summed E-state index contributed by atoms with van der Waals surface area (Å²) in [6.07, 6.45) is 8.81. The van der Waals surface area contributed by atoms with Gasteiger partial charge in [0.05, 0.1) is 5.92 Å². The Hall–Kier alpha value is -1.42. The minimum absolute atomic E-state index is 0.0185. The van der Waals surface area contributed by atoms with Crippen molar-refractivity contribution in [3.8, 4) is 0 Å². The zero-order valence-corrected chi connectivity index (χ0v) is 10.6. The van der Waals surface area contributed by atoms with Gasteiger partial charge in [-0.05, 0) is 30.5 Å². The highest BCUT2D eigenvalue weighted by Crippen LogP contribution is 2.22. The van der Waals surface area contributed by atoms with Crippen LogP contribution in [-0.2, 0) is 11.3 Å². The average Bonchev–Trinajstić information content (AvgIpc) is 2.62. The van der Waals surface area contributed by atoms with Crippen LogP contribution in [0.3, 0.4) is 0 Å². The number of aromatic nitrogens is 1. The van der Waals surface area contributed by atoms with Crippen LogP contribution in [0.2, 0.25) is 0 Å². The number of nitrogens with one attached hydrogen (secondary N) is 1. The van der Waals surface area contributed by atoms with Crippen LogP contribution in [0.1, 0.15) is 37.7 Å². The predicted octanol–water partition coefficient (Wildman–Crippen LogP) is 1.61. The molecule has 2 unspecified atom stereocenters. The van der Waals surface area contributed by atoms with E-state index in [1.165, 1.54) is 6.42 Å². The highest BCUT2D eigenvalue weighted by atomic mass is 16.1. The molecule has 1 aromatic heterocycles. The van der Waals surface area contributed by atoms with Crippen LogP contribution in [0.25, 0.3) is 0 Å². The number of pyridine rings is 1. The molecule has 0 aromatic carbocycles. The number of rotatable bonds is 3. The first kappa shape index (κ1) is 13.0. The average molecular weight is 247 g/mol. The summed E-state index contributed by atoms with van der Waals surface area (Å²) in [6.45, 7) is 0.560. The Balaban J connectivity index is 1.87. The Morgan fingerprint density at radius 1 is 1.28 bits per heavy atom. The lowest BCUT2D eigenvalue weighted by molar-refractivity contribution is -0.126. The first-order valence-electron chi connectivity index (χ1n) is 6.69.